The van der Waals surface area contributed by atoms with Crippen molar-refractivity contribution in [1.29, 1.82) is 0 Å². The smallest absolute Gasteiger partial charge is 0.306 e. The Morgan fingerprint density at radius 3 is 2.82 bits per heavy atom. The molecule has 5 nitrogen and oxygen atoms in total. The predicted molar refractivity (Wildman–Crippen MR) is 66.1 cm³/mol. The molecule has 0 aromatic heterocycles. The van der Waals surface area contributed by atoms with Crippen LogP contribution in [0.15, 0.2) is 0 Å². The van der Waals surface area contributed by atoms with Crippen LogP contribution in [-0.2, 0) is 14.3 Å². The van der Waals surface area contributed by atoms with Crippen LogP contribution in [0.2, 0.25) is 0 Å². The molecule has 1 rings (SSSR count). The summed E-state index contributed by atoms with van der Waals surface area (Å²) in [5.74, 6) is 0.157. The molecule has 2 atom stereocenters. The number of nitrogens with one attached hydrogen (secondary N) is 1. The van der Waals surface area contributed by atoms with Gasteiger partial charge in [-0.2, -0.15) is 0 Å². The number of rotatable bonds is 7. The van der Waals surface area contributed by atoms with Crippen LogP contribution in [0.25, 0.3) is 0 Å². The van der Waals surface area contributed by atoms with Crippen molar-refractivity contribution in [1.82, 2.24) is 5.32 Å². The molecule has 0 radical (unpaired) electrons. The Hall–Kier alpha value is -0.750. The summed E-state index contributed by atoms with van der Waals surface area (Å²) in [6.07, 6.45) is 1.99. The fraction of sp³-hybridized carbons (Fsp3) is 0.818. The third-order valence-electron chi connectivity index (χ3n) is 2.81. The summed E-state index contributed by atoms with van der Waals surface area (Å²) in [5.41, 5.74) is 0. The Morgan fingerprint density at radius 1 is 1.47 bits per heavy atom. The van der Waals surface area contributed by atoms with Crippen LogP contribution < -0.4 is 5.32 Å². The molecule has 1 aliphatic carbocycles. The van der Waals surface area contributed by atoms with Crippen LogP contribution in [-0.4, -0.2) is 48.2 Å². The second-order valence-corrected chi connectivity index (χ2v) is 5.26. The average Bonchev–Trinajstić information content (AvgIpc) is 2.73. The molecule has 1 fully saturated rings. The molecule has 1 amide bonds. The SMILES string of the molecule is COCCSCC(=O)N[C@H]1CC[C@@H](C(=O)O)C1. The Morgan fingerprint density at radius 2 is 2.24 bits per heavy atom. The topological polar surface area (TPSA) is 75.6 Å². The summed E-state index contributed by atoms with van der Waals surface area (Å²) in [6.45, 7) is 0.641. The monoisotopic (exact) mass is 261 g/mol. The van der Waals surface area contributed by atoms with Crippen LogP contribution in [0.4, 0.5) is 0 Å². The number of hydrogen-bond donors (Lipinski definition) is 2. The molecule has 6 heteroatoms. The molecular weight excluding hydrogens is 242 g/mol. The van der Waals surface area contributed by atoms with Gasteiger partial charge in [0.1, 0.15) is 0 Å². The van der Waals surface area contributed by atoms with E-state index in [-0.39, 0.29) is 17.9 Å². The van der Waals surface area contributed by atoms with E-state index >= 15 is 0 Å². The van der Waals surface area contributed by atoms with Gasteiger partial charge in [-0.05, 0) is 19.3 Å². The zero-order chi connectivity index (χ0) is 12.7. The van der Waals surface area contributed by atoms with Crippen molar-refractivity contribution in [2.45, 2.75) is 25.3 Å². The van der Waals surface area contributed by atoms with Gasteiger partial charge in [-0.1, -0.05) is 0 Å². The lowest BCUT2D eigenvalue weighted by atomic mass is 10.1. The van der Waals surface area contributed by atoms with Crippen LogP contribution >= 0.6 is 11.8 Å². The van der Waals surface area contributed by atoms with Crippen LogP contribution in [0.5, 0.6) is 0 Å². The highest BCUT2D eigenvalue weighted by Gasteiger charge is 2.30. The van der Waals surface area contributed by atoms with Gasteiger partial charge in [0.2, 0.25) is 5.91 Å². The number of hydrogen-bond acceptors (Lipinski definition) is 4. The first-order chi connectivity index (χ1) is 8.13. The average molecular weight is 261 g/mol. The quantitative estimate of drug-likeness (QED) is 0.661. The number of thioether (sulfide) groups is 1. The summed E-state index contributed by atoms with van der Waals surface area (Å²) >= 11 is 1.52. The lowest BCUT2D eigenvalue weighted by Gasteiger charge is -2.12. The second-order valence-electron chi connectivity index (χ2n) is 4.16. The summed E-state index contributed by atoms with van der Waals surface area (Å²) in [5, 5.41) is 11.7. The third kappa shape index (κ3) is 5.41. The molecule has 0 aromatic carbocycles. The largest absolute Gasteiger partial charge is 0.481 e. The summed E-state index contributed by atoms with van der Waals surface area (Å²) in [4.78, 5) is 22.3. The summed E-state index contributed by atoms with van der Waals surface area (Å²) in [6, 6.07) is 0.0339. The molecule has 2 N–H and O–H groups in total. The predicted octanol–water partition coefficient (Wildman–Crippen LogP) is 0.735. The normalized spacial score (nSPS) is 23.6. The molecule has 1 aliphatic rings. The van der Waals surface area contributed by atoms with Crippen molar-refractivity contribution in [2.75, 3.05) is 25.2 Å². The van der Waals surface area contributed by atoms with Gasteiger partial charge in [-0.3, -0.25) is 9.59 Å². The van der Waals surface area contributed by atoms with Crippen LogP contribution in [0.3, 0.4) is 0 Å². The van der Waals surface area contributed by atoms with Crippen LogP contribution in [0, 0.1) is 5.92 Å². The van der Waals surface area contributed by atoms with Gasteiger partial charge in [0.05, 0.1) is 18.3 Å². The summed E-state index contributed by atoms with van der Waals surface area (Å²) in [7, 11) is 1.63. The zero-order valence-electron chi connectivity index (χ0n) is 9.98. The molecule has 0 bridgehead atoms. The second kappa shape index (κ2) is 7.55. The van der Waals surface area contributed by atoms with Gasteiger partial charge < -0.3 is 15.2 Å². The van der Waals surface area contributed by atoms with E-state index in [1.807, 2.05) is 0 Å². The van der Waals surface area contributed by atoms with Crippen molar-refractivity contribution < 1.29 is 19.4 Å². The van der Waals surface area contributed by atoms with E-state index in [0.717, 1.165) is 12.2 Å². The maximum atomic E-state index is 11.5. The standard InChI is InChI=1S/C11H19NO4S/c1-16-4-5-17-7-10(13)12-9-3-2-8(6-9)11(14)15/h8-9H,2-7H2,1H3,(H,12,13)(H,14,15)/t8-,9+/m1/s1. The van der Waals surface area contributed by atoms with E-state index < -0.39 is 5.97 Å². The number of carboxylic acids is 1. The minimum Gasteiger partial charge on any atom is -0.481 e. The number of carboxylic acid groups (broad SMARTS) is 1. The van der Waals surface area contributed by atoms with Crippen LogP contribution in [0.1, 0.15) is 19.3 Å². The molecule has 0 heterocycles. The Balaban J connectivity index is 2.13. The highest BCUT2D eigenvalue weighted by atomic mass is 32.2. The minimum absolute atomic E-state index is 0.0119. The van der Waals surface area contributed by atoms with Gasteiger partial charge >= 0.3 is 5.97 Å². The number of amides is 1. The number of carbonyl (C=O) groups is 2. The van der Waals surface area contributed by atoms with Gasteiger partial charge in [-0.25, -0.2) is 0 Å². The Kier molecular flexibility index (Phi) is 6.36. The van der Waals surface area contributed by atoms with Gasteiger partial charge in [0.15, 0.2) is 0 Å². The molecule has 17 heavy (non-hydrogen) atoms. The number of carbonyl (C=O) groups excluding carboxylic acids is 1. The van der Waals surface area contributed by atoms with Crippen molar-refractivity contribution in [3.8, 4) is 0 Å². The molecular formula is C11H19NO4S. The molecule has 0 aromatic rings. The number of ether oxygens (including phenoxy) is 1. The van der Waals surface area contributed by atoms with Crippen molar-refractivity contribution in [3.63, 3.8) is 0 Å². The van der Waals surface area contributed by atoms with Crippen molar-refractivity contribution >= 4 is 23.6 Å². The van der Waals surface area contributed by atoms with Gasteiger partial charge in [0.25, 0.3) is 0 Å². The Labute approximate surface area is 105 Å². The van der Waals surface area contributed by atoms with E-state index in [1.165, 1.54) is 11.8 Å². The maximum Gasteiger partial charge on any atom is 0.306 e. The fourth-order valence-corrected chi connectivity index (χ4v) is 2.61. The highest BCUT2D eigenvalue weighted by Crippen LogP contribution is 2.25. The molecule has 0 aliphatic heterocycles. The lowest BCUT2D eigenvalue weighted by molar-refractivity contribution is -0.141. The third-order valence-corrected chi connectivity index (χ3v) is 3.73. The maximum absolute atomic E-state index is 11.5. The highest BCUT2D eigenvalue weighted by molar-refractivity contribution is 7.99. The minimum atomic E-state index is -0.754. The lowest BCUT2D eigenvalue weighted by Crippen LogP contribution is -2.34. The van der Waals surface area contributed by atoms with Gasteiger partial charge in [-0.15, -0.1) is 11.8 Å². The number of aliphatic carboxylic acids is 1. The molecule has 0 saturated heterocycles. The van der Waals surface area contributed by atoms with E-state index in [0.29, 0.717) is 25.2 Å². The van der Waals surface area contributed by atoms with E-state index in [9.17, 15) is 9.59 Å². The first-order valence-corrected chi connectivity index (χ1v) is 6.87. The zero-order valence-corrected chi connectivity index (χ0v) is 10.8. The molecule has 0 unspecified atom stereocenters. The molecule has 0 spiro atoms. The first-order valence-electron chi connectivity index (χ1n) is 5.72. The van der Waals surface area contributed by atoms with Gasteiger partial charge in [0, 0.05) is 18.9 Å². The summed E-state index contributed by atoms with van der Waals surface area (Å²) < 4.78 is 4.88. The van der Waals surface area contributed by atoms with Crippen molar-refractivity contribution in [3.05, 3.63) is 0 Å². The van der Waals surface area contributed by atoms with E-state index in [1.54, 1.807) is 7.11 Å². The van der Waals surface area contributed by atoms with Crippen molar-refractivity contribution in [2.24, 2.45) is 5.92 Å². The fourth-order valence-electron chi connectivity index (χ4n) is 1.91. The van der Waals surface area contributed by atoms with E-state index in [4.69, 9.17) is 9.84 Å². The van der Waals surface area contributed by atoms with E-state index in [2.05, 4.69) is 5.32 Å². The first kappa shape index (κ1) is 14.3. The molecule has 1 saturated carbocycles. The molecule has 98 valence electrons. The Bertz CT molecular complexity index is 272. The number of methoxy groups -OCH3 is 1.